The Labute approximate surface area is 216 Å². The Bertz CT molecular complexity index is 1300. The van der Waals surface area contributed by atoms with Crippen molar-refractivity contribution in [2.24, 2.45) is 5.10 Å². The standard InChI is InChI=1S/C25H21Cl2N3O6/c1-3-35-18-8-5-16(6-9-18)25(33)36-21-11-4-15(12-22(21)34-2)14-28-30-24(32)23(31)29-20-13-17(26)7-10-19(20)27/h4-14H,3H2,1-2H3,(H,29,31)(H,30,32). The van der Waals surface area contributed by atoms with Crippen molar-refractivity contribution in [3.63, 3.8) is 0 Å². The smallest absolute Gasteiger partial charge is 0.343 e. The van der Waals surface area contributed by atoms with E-state index in [4.69, 9.17) is 37.4 Å². The highest BCUT2D eigenvalue weighted by Crippen LogP contribution is 2.29. The molecule has 0 fully saturated rings. The van der Waals surface area contributed by atoms with Crippen LogP contribution in [-0.4, -0.2) is 37.7 Å². The minimum absolute atomic E-state index is 0.188. The first-order valence-electron chi connectivity index (χ1n) is 10.5. The normalized spacial score (nSPS) is 10.6. The zero-order chi connectivity index (χ0) is 26.1. The molecule has 11 heteroatoms. The third kappa shape index (κ3) is 7.21. The van der Waals surface area contributed by atoms with Gasteiger partial charge < -0.3 is 19.5 Å². The molecule has 36 heavy (non-hydrogen) atoms. The number of carbonyl (C=O) groups is 3. The summed E-state index contributed by atoms with van der Waals surface area (Å²) in [5.41, 5.74) is 3.14. The maximum absolute atomic E-state index is 12.5. The Balaban J connectivity index is 1.60. The quantitative estimate of drug-likeness (QED) is 0.143. The zero-order valence-corrected chi connectivity index (χ0v) is 20.7. The Morgan fingerprint density at radius 2 is 1.69 bits per heavy atom. The summed E-state index contributed by atoms with van der Waals surface area (Å²) in [5.74, 6) is -1.47. The average molecular weight is 530 g/mol. The van der Waals surface area contributed by atoms with E-state index < -0.39 is 17.8 Å². The monoisotopic (exact) mass is 529 g/mol. The fraction of sp³-hybridized carbons (Fsp3) is 0.120. The second-order valence-electron chi connectivity index (χ2n) is 7.03. The van der Waals surface area contributed by atoms with E-state index in [1.54, 1.807) is 42.5 Å². The fourth-order valence-corrected chi connectivity index (χ4v) is 3.19. The van der Waals surface area contributed by atoms with Crippen molar-refractivity contribution in [2.75, 3.05) is 19.0 Å². The molecule has 0 unspecified atom stereocenters. The van der Waals surface area contributed by atoms with Crippen LogP contribution in [0.25, 0.3) is 0 Å². The Kier molecular flexibility index (Phi) is 9.26. The molecule has 0 saturated carbocycles. The van der Waals surface area contributed by atoms with E-state index in [0.29, 0.717) is 28.5 Å². The average Bonchev–Trinajstić information content (AvgIpc) is 2.87. The topological polar surface area (TPSA) is 115 Å². The molecule has 3 aromatic carbocycles. The van der Waals surface area contributed by atoms with Crippen LogP contribution in [0.5, 0.6) is 17.2 Å². The summed E-state index contributed by atoms with van der Waals surface area (Å²) in [7, 11) is 1.41. The SMILES string of the molecule is CCOc1ccc(C(=O)Oc2ccc(C=NNC(=O)C(=O)Nc3cc(Cl)ccc3Cl)cc2OC)cc1. The molecule has 2 amide bonds. The fourth-order valence-electron chi connectivity index (χ4n) is 2.85. The number of amides is 2. The molecule has 0 heterocycles. The van der Waals surface area contributed by atoms with Crippen LogP contribution in [0.3, 0.4) is 0 Å². The van der Waals surface area contributed by atoms with E-state index in [-0.39, 0.29) is 22.2 Å². The molecular weight excluding hydrogens is 509 g/mol. The lowest BCUT2D eigenvalue weighted by atomic mass is 10.2. The molecule has 3 aromatic rings. The highest BCUT2D eigenvalue weighted by Gasteiger charge is 2.15. The number of carbonyl (C=O) groups excluding carboxylic acids is 3. The Morgan fingerprint density at radius 1 is 0.944 bits per heavy atom. The third-order valence-corrected chi connectivity index (χ3v) is 5.12. The molecule has 3 rings (SSSR count). The van der Waals surface area contributed by atoms with Gasteiger partial charge in [-0.15, -0.1) is 0 Å². The summed E-state index contributed by atoms with van der Waals surface area (Å²) in [4.78, 5) is 36.6. The number of benzene rings is 3. The van der Waals surface area contributed by atoms with Crippen LogP contribution in [0.2, 0.25) is 10.0 Å². The van der Waals surface area contributed by atoms with Gasteiger partial charge in [-0.1, -0.05) is 23.2 Å². The van der Waals surface area contributed by atoms with Crippen LogP contribution in [0.1, 0.15) is 22.8 Å². The van der Waals surface area contributed by atoms with Gasteiger partial charge >= 0.3 is 17.8 Å². The molecule has 2 N–H and O–H groups in total. The van der Waals surface area contributed by atoms with E-state index in [1.807, 2.05) is 6.92 Å². The summed E-state index contributed by atoms with van der Waals surface area (Å²) in [6, 6.07) is 15.6. The minimum atomic E-state index is -1.02. The highest BCUT2D eigenvalue weighted by molar-refractivity contribution is 6.42. The summed E-state index contributed by atoms with van der Waals surface area (Å²) < 4.78 is 16.1. The molecule has 0 atom stereocenters. The number of ether oxygens (including phenoxy) is 3. The predicted octanol–water partition coefficient (Wildman–Crippen LogP) is 4.71. The van der Waals surface area contributed by atoms with Gasteiger partial charge in [-0.05, 0) is 73.2 Å². The second-order valence-corrected chi connectivity index (χ2v) is 7.88. The van der Waals surface area contributed by atoms with Crippen molar-refractivity contribution in [1.82, 2.24) is 5.43 Å². The van der Waals surface area contributed by atoms with Crippen molar-refractivity contribution >= 4 is 52.9 Å². The number of nitrogens with zero attached hydrogens (tertiary/aromatic N) is 1. The number of methoxy groups -OCH3 is 1. The van der Waals surface area contributed by atoms with Gasteiger partial charge in [-0.2, -0.15) is 5.10 Å². The first kappa shape index (κ1) is 26.5. The van der Waals surface area contributed by atoms with Crippen LogP contribution in [-0.2, 0) is 9.59 Å². The number of hydrazone groups is 1. The maximum Gasteiger partial charge on any atom is 0.343 e. The lowest BCUT2D eigenvalue weighted by Gasteiger charge is -2.10. The van der Waals surface area contributed by atoms with Crippen molar-refractivity contribution < 1.29 is 28.6 Å². The van der Waals surface area contributed by atoms with E-state index in [1.165, 1.54) is 31.5 Å². The highest BCUT2D eigenvalue weighted by atomic mass is 35.5. The first-order valence-corrected chi connectivity index (χ1v) is 11.3. The van der Waals surface area contributed by atoms with Gasteiger partial charge in [0.2, 0.25) is 0 Å². The van der Waals surface area contributed by atoms with Gasteiger partial charge in [-0.25, -0.2) is 10.2 Å². The number of hydrogen-bond donors (Lipinski definition) is 2. The Hall–Kier alpha value is -4.08. The summed E-state index contributed by atoms with van der Waals surface area (Å²) in [6.45, 7) is 2.39. The molecule has 0 bridgehead atoms. The Morgan fingerprint density at radius 3 is 2.39 bits per heavy atom. The van der Waals surface area contributed by atoms with Crippen molar-refractivity contribution in [3.8, 4) is 17.2 Å². The molecule has 0 aliphatic carbocycles. The number of hydrogen-bond acceptors (Lipinski definition) is 7. The van der Waals surface area contributed by atoms with Gasteiger partial charge in [0.05, 0.1) is 36.2 Å². The summed E-state index contributed by atoms with van der Waals surface area (Å²) in [6.07, 6.45) is 1.29. The van der Waals surface area contributed by atoms with Crippen molar-refractivity contribution in [2.45, 2.75) is 6.92 Å². The summed E-state index contributed by atoms with van der Waals surface area (Å²) in [5, 5.41) is 6.68. The van der Waals surface area contributed by atoms with Crippen molar-refractivity contribution in [3.05, 3.63) is 81.8 Å². The van der Waals surface area contributed by atoms with Crippen LogP contribution in [0.15, 0.2) is 65.8 Å². The molecule has 0 aliphatic rings. The van der Waals surface area contributed by atoms with Gasteiger partial charge in [0.1, 0.15) is 5.75 Å². The molecular formula is C25H21Cl2N3O6. The van der Waals surface area contributed by atoms with Crippen molar-refractivity contribution in [1.29, 1.82) is 0 Å². The maximum atomic E-state index is 12.5. The molecule has 0 radical (unpaired) electrons. The van der Waals surface area contributed by atoms with E-state index in [0.717, 1.165) is 0 Å². The summed E-state index contributed by atoms with van der Waals surface area (Å²) >= 11 is 11.8. The van der Waals surface area contributed by atoms with Crippen LogP contribution < -0.4 is 25.0 Å². The molecule has 186 valence electrons. The predicted molar refractivity (Wildman–Crippen MR) is 136 cm³/mol. The van der Waals surface area contributed by atoms with Gasteiger partial charge in [0.15, 0.2) is 11.5 Å². The lowest BCUT2D eigenvalue weighted by molar-refractivity contribution is -0.136. The second kappa shape index (κ2) is 12.6. The number of anilines is 1. The largest absolute Gasteiger partial charge is 0.494 e. The van der Waals surface area contributed by atoms with E-state index in [9.17, 15) is 14.4 Å². The van der Waals surface area contributed by atoms with Crippen LogP contribution >= 0.6 is 23.2 Å². The molecule has 0 aromatic heterocycles. The number of rotatable bonds is 8. The van der Waals surface area contributed by atoms with Crippen LogP contribution in [0.4, 0.5) is 5.69 Å². The third-order valence-electron chi connectivity index (χ3n) is 4.55. The van der Waals surface area contributed by atoms with E-state index >= 15 is 0 Å². The van der Waals surface area contributed by atoms with Gasteiger partial charge in [-0.3, -0.25) is 9.59 Å². The molecule has 0 saturated heterocycles. The molecule has 0 spiro atoms. The van der Waals surface area contributed by atoms with Crippen LogP contribution in [0, 0.1) is 0 Å². The number of nitrogens with one attached hydrogen (secondary N) is 2. The number of esters is 1. The van der Waals surface area contributed by atoms with Gasteiger partial charge in [0, 0.05) is 5.02 Å². The number of halogens is 2. The zero-order valence-electron chi connectivity index (χ0n) is 19.2. The van der Waals surface area contributed by atoms with Gasteiger partial charge in [0.25, 0.3) is 0 Å². The molecule has 0 aliphatic heterocycles. The minimum Gasteiger partial charge on any atom is -0.494 e. The lowest BCUT2D eigenvalue weighted by Crippen LogP contribution is -2.32. The van der Waals surface area contributed by atoms with E-state index in [2.05, 4.69) is 15.8 Å². The molecule has 9 nitrogen and oxygen atoms in total. The first-order chi connectivity index (χ1) is 17.3.